The summed E-state index contributed by atoms with van der Waals surface area (Å²) >= 11 is 0. The van der Waals surface area contributed by atoms with E-state index < -0.39 is 5.60 Å². The van der Waals surface area contributed by atoms with Crippen molar-refractivity contribution < 1.29 is 9.84 Å². The van der Waals surface area contributed by atoms with Gasteiger partial charge in [-0.1, -0.05) is 46.0 Å². The van der Waals surface area contributed by atoms with E-state index >= 15 is 0 Å². The van der Waals surface area contributed by atoms with E-state index in [2.05, 4.69) is 13.8 Å². The minimum Gasteiger partial charge on any atom is -0.390 e. The molecule has 2 heteroatoms. The first-order chi connectivity index (χ1) is 9.14. The molecular weight excluding hydrogens is 236 g/mol. The van der Waals surface area contributed by atoms with Crippen LogP contribution in [0.2, 0.25) is 0 Å². The number of hydrogen-bond donors (Lipinski definition) is 1. The first-order valence-corrected chi connectivity index (χ1v) is 8.50. The normalized spacial score (nSPS) is 27.6. The van der Waals surface area contributed by atoms with Gasteiger partial charge >= 0.3 is 0 Å². The molecule has 2 aliphatic rings. The Balaban J connectivity index is 2.05. The van der Waals surface area contributed by atoms with Crippen molar-refractivity contribution in [3.8, 4) is 0 Å². The highest BCUT2D eigenvalue weighted by Gasteiger charge is 2.45. The zero-order chi connectivity index (χ0) is 13.8. The highest BCUT2D eigenvalue weighted by atomic mass is 16.5. The summed E-state index contributed by atoms with van der Waals surface area (Å²) in [7, 11) is 0. The van der Waals surface area contributed by atoms with Gasteiger partial charge < -0.3 is 9.84 Å². The van der Waals surface area contributed by atoms with Gasteiger partial charge in [0.2, 0.25) is 0 Å². The molecule has 1 saturated carbocycles. The minimum absolute atomic E-state index is 0.122. The van der Waals surface area contributed by atoms with E-state index in [4.69, 9.17) is 4.74 Å². The van der Waals surface area contributed by atoms with Crippen LogP contribution in [0.1, 0.15) is 84.5 Å². The van der Waals surface area contributed by atoms with Gasteiger partial charge in [0.1, 0.15) is 0 Å². The summed E-state index contributed by atoms with van der Waals surface area (Å²) in [6, 6.07) is 0. The lowest BCUT2D eigenvalue weighted by atomic mass is 9.68. The quantitative estimate of drug-likeness (QED) is 0.798. The predicted octanol–water partition coefficient (Wildman–Crippen LogP) is 4.45. The van der Waals surface area contributed by atoms with Gasteiger partial charge in [0.25, 0.3) is 0 Å². The molecule has 0 bridgehead atoms. The van der Waals surface area contributed by atoms with Crippen LogP contribution < -0.4 is 0 Å². The maximum absolute atomic E-state index is 11.1. The molecule has 1 spiro atoms. The van der Waals surface area contributed by atoms with Crippen LogP contribution in [0.3, 0.4) is 0 Å². The Labute approximate surface area is 118 Å². The molecule has 0 amide bonds. The molecule has 0 aromatic heterocycles. The highest BCUT2D eigenvalue weighted by molar-refractivity contribution is 4.96. The summed E-state index contributed by atoms with van der Waals surface area (Å²) in [5.41, 5.74) is -0.311. The second kappa shape index (κ2) is 6.58. The molecule has 1 atom stereocenters. The van der Waals surface area contributed by atoms with Crippen molar-refractivity contribution in [3.63, 3.8) is 0 Å². The summed E-state index contributed by atoms with van der Waals surface area (Å²) in [5.74, 6) is 0.458. The Bertz CT molecular complexity index is 257. The number of ether oxygens (including phenoxy) is 1. The first kappa shape index (κ1) is 15.3. The molecule has 1 N–H and O–H groups in total. The molecule has 1 aliphatic carbocycles. The molecule has 19 heavy (non-hydrogen) atoms. The Hall–Kier alpha value is -0.0800. The van der Waals surface area contributed by atoms with E-state index in [1.54, 1.807) is 0 Å². The maximum Gasteiger partial charge on any atom is 0.0686 e. The third-order valence-corrected chi connectivity index (χ3v) is 5.38. The van der Waals surface area contributed by atoms with Crippen LogP contribution in [0.4, 0.5) is 0 Å². The Kier molecular flexibility index (Phi) is 5.30. The molecule has 2 fully saturated rings. The van der Waals surface area contributed by atoms with Crippen molar-refractivity contribution in [2.75, 3.05) is 6.61 Å². The number of hydrogen-bond acceptors (Lipinski definition) is 2. The Morgan fingerprint density at radius 1 is 1.11 bits per heavy atom. The van der Waals surface area contributed by atoms with Gasteiger partial charge in [0.05, 0.1) is 11.2 Å². The molecule has 1 heterocycles. The van der Waals surface area contributed by atoms with Crippen molar-refractivity contribution in [3.05, 3.63) is 0 Å². The molecule has 112 valence electrons. The smallest absolute Gasteiger partial charge is 0.0686 e. The van der Waals surface area contributed by atoms with Gasteiger partial charge in [-0.15, -0.1) is 0 Å². The van der Waals surface area contributed by atoms with E-state index in [1.165, 1.54) is 32.1 Å². The van der Waals surface area contributed by atoms with Gasteiger partial charge in [-0.3, -0.25) is 0 Å². The lowest BCUT2D eigenvalue weighted by Crippen LogP contribution is -2.49. The zero-order valence-electron chi connectivity index (χ0n) is 12.9. The lowest BCUT2D eigenvalue weighted by molar-refractivity contribution is -0.159. The monoisotopic (exact) mass is 268 g/mol. The predicted molar refractivity (Wildman–Crippen MR) is 79.3 cm³/mol. The fourth-order valence-electron chi connectivity index (χ4n) is 4.43. The van der Waals surface area contributed by atoms with Crippen molar-refractivity contribution in [1.29, 1.82) is 0 Å². The van der Waals surface area contributed by atoms with Gasteiger partial charge in [-0.2, -0.15) is 0 Å². The molecule has 0 radical (unpaired) electrons. The van der Waals surface area contributed by atoms with Gasteiger partial charge in [-0.25, -0.2) is 0 Å². The van der Waals surface area contributed by atoms with Crippen molar-refractivity contribution >= 4 is 0 Å². The van der Waals surface area contributed by atoms with Crippen molar-refractivity contribution in [1.82, 2.24) is 0 Å². The van der Waals surface area contributed by atoms with Gasteiger partial charge in [-0.05, 0) is 44.4 Å². The van der Waals surface area contributed by atoms with Crippen LogP contribution in [0.15, 0.2) is 0 Å². The fourth-order valence-corrected chi connectivity index (χ4v) is 4.43. The summed E-state index contributed by atoms with van der Waals surface area (Å²) in [5, 5.41) is 11.1. The fraction of sp³-hybridized carbons (Fsp3) is 1.00. The largest absolute Gasteiger partial charge is 0.390 e. The third kappa shape index (κ3) is 3.52. The number of aliphatic hydroxyl groups is 1. The summed E-state index contributed by atoms with van der Waals surface area (Å²) in [6.07, 6.45) is 12.7. The molecule has 1 saturated heterocycles. The number of rotatable bonds is 5. The minimum atomic E-state index is -0.433. The van der Waals surface area contributed by atoms with Crippen molar-refractivity contribution in [2.45, 2.75) is 95.7 Å². The van der Waals surface area contributed by atoms with E-state index in [9.17, 15) is 5.11 Å². The summed E-state index contributed by atoms with van der Waals surface area (Å²) < 4.78 is 6.18. The standard InChI is InChI=1S/C17H32O2/c1-3-9-17(18,10-4-2)15-8-13-19-16(14-15)11-6-5-7-12-16/h15,18H,3-14H2,1-2H3. The second-order valence-corrected chi connectivity index (χ2v) is 6.89. The second-order valence-electron chi connectivity index (χ2n) is 6.89. The van der Waals surface area contributed by atoms with Crippen LogP contribution in [-0.4, -0.2) is 22.9 Å². The summed E-state index contributed by atoms with van der Waals surface area (Å²) in [4.78, 5) is 0. The average molecular weight is 268 g/mol. The van der Waals surface area contributed by atoms with Crippen LogP contribution in [0, 0.1) is 5.92 Å². The van der Waals surface area contributed by atoms with Crippen LogP contribution >= 0.6 is 0 Å². The topological polar surface area (TPSA) is 29.5 Å². The van der Waals surface area contributed by atoms with Crippen LogP contribution in [-0.2, 0) is 4.74 Å². The Morgan fingerprint density at radius 2 is 1.74 bits per heavy atom. The molecule has 1 aliphatic heterocycles. The van der Waals surface area contributed by atoms with Gasteiger partial charge in [0.15, 0.2) is 0 Å². The van der Waals surface area contributed by atoms with Crippen LogP contribution in [0.25, 0.3) is 0 Å². The van der Waals surface area contributed by atoms with Crippen LogP contribution in [0.5, 0.6) is 0 Å². The van der Waals surface area contributed by atoms with Crippen molar-refractivity contribution in [2.24, 2.45) is 5.92 Å². The van der Waals surface area contributed by atoms with E-state index in [1.807, 2.05) is 0 Å². The molecule has 2 nitrogen and oxygen atoms in total. The summed E-state index contributed by atoms with van der Waals surface area (Å²) in [6.45, 7) is 5.24. The first-order valence-electron chi connectivity index (χ1n) is 8.50. The third-order valence-electron chi connectivity index (χ3n) is 5.38. The zero-order valence-corrected chi connectivity index (χ0v) is 12.9. The molecule has 1 unspecified atom stereocenters. The molecular formula is C17H32O2. The molecule has 0 aromatic carbocycles. The highest BCUT2D eigenvalue weighted by Crippen LogP contribution is 2.45. The maximum atomic E-state index is 11.1. The van der Waals surface area contributed by atoms with E-state index in [0.29, 0.717) is 5.92 Å². The molecule has 0 aromatic rings. The Morgan fingerprint density at radius 3 is 2.32 bits per heavy atom. The molecule has 2 rings (SSSR count). The SMILES string of the molecule is CCCC(O)(CCC)C1CCOC2(CCCCC2)C1. The van der Waals surface area contributed by atoms with E-state index in [-0.39, 0.29) is 5.60 Å². The van der Waals surface area contributed by atoms with Gasteiger partial charge in [0, 0.05) is 6.61 Å². The van der Waals surface area contributed by atoms with E-state index in [0.717, 1.165) is 45.1 Å². The lowest BCUT2D eigenvalue weighted by Gasteiger charge is -2.48. The average Bonchev–Trinajstić information content (AvgIpc) is 2.40.